The molecule has 1 aliphatic rings. The average Bonchev–Trinajstić information content (AvgIpc) is 2.40. The lowest BCUT2D eigenvalue weighted by Crippen LogP contribution is -2.30. The molecule has 0 bridgehead atoms. The molecule has 92 valence electrons. The van der Waals surface area contributed by atoms with Gasteiger partial charge in [-0.2, -0.15) is 0 Å². The van der Waals surface area contributed by atoms with Crippen molar-refractivity contribution in [2.45, 2.75) is 32.4 Å². The highest BCUT2D eigenvalue weighted by Crippen LogP contribution is 2.17. The molecule has 0 aromatic heterocycles. The van der Waals surface area contributed by atoms with Crippen molar-refractivity contribution in [3.63, 3.8) is 0 Å². The molecule has 17 heavy (non-hydrogen) atoms. The molecule has 2 nitrogen and oxygen atoms in total. The largest absolute Gasteiger partial charge is 0.389 e. The maximum Gasteiger partial charge on any atom is 0.0748 e. The van der Waals surface area contributed by atoms with Gasteiger partial charge in [0.05, 0.1) is 6.10 Å². The molecule has 1 aromatic rings. The second kappa shape index (κ2) is 5.99. The SMILES string of the molecule is CCC(O)C1=CCN(Cc2ccccc2)CC1. The van der Waals surface area contributed by atoms with Crippen LogP contribution in [0.25, 0.3) is 0 Å². The fourth-order valence-electron chi connectivity index (χ4n) is 2.28. The van der Waals surface area contributed by atoms with E-state index in [1.165, 1.54) is 11.1 Å². The molecule has 1 heterocycles. The van der Waals surface area contributed by atoms with Crippen molar-refractivity contribution in [2.75, 3.05) is 13.1 Å². The third kappa shape index (κ3) is 3.42. The highest BCUT2D eigenvalue weighted by atomic mass is 16.3. The summed E-state index contributed by atoms with van der Waals surface area (Å²) < 4.78 is 0. The van der Waals surface area contributed by atoms with Crippen LogP contribution in [-0.2, 0) is 6.54 Å². The Morgan fingerprint density at radius 2 is 2.06 bits per heavy atom. The van der Waals surface area contributed by atoms with Crippen molar-refractivity contribution in [1.29, 1.82) is 0 Å². The number of benzene rings is 1. The summed E-state index contributed by atoms with van der Waals surface area (Å²) in [6.45, 7) is 5.05. The Hall–Kier alpha value is -1.12. The Balaban J connectivity index is 1.89. The van der Waals surface area contributed by atoms with E-state index in [1.54, 1.807) is 0 Å². The van der Waals surface area contributed by atoms with Crippen molar-refractivity contribution in [3.8, 4) is 0 Å². The molecule has 1 atom stereocenters. The van der Waals surface area contributed by atoms with Crippen molar-refractivity contribution in [2.24, 2.45) is 0 Å². The van der Waals surface area contributed by atoms with Gasteiger partial charge in [-0.15, -0.1) is 0 Å². The monoisotopic (exact) mass is 231 g/mol. The number of aliphatic hydroxyl groups excluding tert-OH is 1. The van der Waals surface area contributed by atoms with E-state index in [4.69, 9.17) is 0 Å². The van der Waals surface area contributed by atoms with Gasteiger partial charge in [-0.05, 0) is 24.0 Å². The fraction of sp³-hybridized carbons (Fsp3) is 0.467. The normalized spacial score (nSPS) is 18.8. The molecule has 0 amide bonds. The molecule has 1 aliphatic heterocycles. The number of hydrogen-bond donors (Lipinski definition) is 1. The Bertz CT molecular complexity index is 372. The molecule has 0 saturated carbocycles. The molecule has 0 spiro atoms. The second-order valence-corrected chi connectivity index (χ2v) is 4.67. The zero-order valence-corrected chi connectivity index (χ0v) is 10.5. The third-order valence-electron chi connectivity index (χ3n) is 3.39. The van der Waals surface area contributed by atoms with E-state index in [2.05, 4.69) is 41.3 Å². The zero-order valence-electron chi connectivity index (χ0n) is 10.5. The van der Waals surface area contributed by atoms with Gasteiger partial charge in [0.2, 0.25) is 0 Å². The first-order chi connectivity index (χ1) is 8.29. The van der Waals surface area contributed by atoms with Crippen LogP contribution in [0.4, 0.5) is 0 Å². The lowest BCUT2D eigenvalue weighted by atomic mass is 10.0. The van der Waals surface area contributed by atoms with E-state index >= 15 is 0 Å². The molecule has 0 saturated heterocycles. The van der Waals surface area contributed by atoms with Crippen LogP contribution < -0.4 is 0 Å². The van der Waals surface area contributed by atoms with Crippen LogP contribution in [0.15, 0.2) is 42.0 Å². The highest BCUT2D eigenvalue weighted by Gasteiger charge is 2.15. The van der Waals surface area contributed by atoms with Gasteiger partial charge in [0, 0.05) is 19.6 Å². The molecule has 1 N–H and O–H groups in total. The molecule has 1 aromatic carbocycles. The van der Waals surface area contributed by atoms with Gasteiger partial charge in [0.15, 0.2) is 0 Å². The Kier molecular flexibility index (Phi) is 4.35. The average molecular weight is 231 g/mol. The predicted molar refractivity (Wildman–Crippen MR) is 70.7 cm³/mol. The first kappa shape index (κ1) is 12.3. The number of nitrogens with zero attached hydrogens (tertiary/aromatic N) is 1. The smallest absolute Gasteiger partial charge is 0.0748 e. The maximum absolute atomic E-state index is 9.77. The molecular formula is C15H21NO. The lowest BCUT2D eigenvalue weighted by molar-refractivity contribution is 0.188. The number of hydrogen-bond acceptors (Lipinski definition) is 2. The fourth-order valence-corrected chi connectivity index (χ4v) is 2.28. The third-order valence-corrected chi connectivity index (χ3v) is 3.39. The molecular weight excluding hydrogens is 210 g/mol. The minimum atomic E-state index is -0.228. The van der Waals surface area contributed by atoms with Crippen LogP contribution >= 0.6 is 0 Å². The van der Waals surface area contributed by atoms with Crippen molar-refractivity contribution in [3.05, 3.63) is 47.5 Å². The molecule has 0 radical (unpaired) electrons. The maximum atomic E-state index is 9.77. The number of rotatable bonds is 4. The van der Waals surface area contributed by atoms with E-state index in [1.807, 2.05) is 6.92 Å². The molecule has 0 fully saturated rings. The van der Waals surface area contributed by atoms with E-state index < -0.39 is 0 Å². The van der Waals surface area contributed by atoms with Crippen LogP contribution in [0.3, 0.4) is 0 Å². The Morgan fingerprint density at radius 3 is 2.65 bits per heavy atom. The van der Waals surface area contributed by atoms with Gasteiger partial charge in [0.25, 0.3) is 0 Å². The van der Waals surface area contributed by atoms with Crippen LogP contribution in [0.2, 0.25) is 0 Å². The molecule has 2 rings (SSSR count). The topological polar surface area (TPSA) is 23.5 Å². The zero-order chi connectivity index (χ0) is 12.1. The summed E-state index contributed by atoms with van der Waals surface area (Å²) in [6.07, 6.45) is 3.79. The summed E-state index contributed by atoms with van der Waals surface area (Å²) >= 11 is 0. The summed E-state index contributed by atoms with van der Waals surface area (Å²) in [6, 6.07) is 10.6. The van der Waals surface area contributed by atoms with E-state index in [0.29, 0.717) is 0 Å². The van der Waals surface area contributed by atoms with Gasteiger partial charge in [-0.25, -0.2) is 0 Å². The highest BCUT2D eigenvalue weighted by molar-refractivity contribution is 5.16. The van der Waals surface area contributed by atoms with Crippen LogP contribution in [-0.4, -0.2) is 29.2 Å². The molecule has 2 heteroatoms. The second-order valence-electron chi connectivity index (χ2n) is 4.67. The van der Waals surface area contributed by atoms with E-state index in [9.17, 15) is 5.11 Å². The van der Waals surface area contributed by atoms with Crippen LogP contribution in [0, 0.1) is 0 Å². The van der Waals surface area contributed by atoms with Crippen LogP contribution in [0.1, 0.15) is 25.3 Å². The van der Waals surface area contributed by atoms with E-state index in [-0.39, 0.29) is 6.10 Å². The van der Waals surface area contributed by atoms with Gasteiger partial charge in [-0.3, -0.25) is 4.90 Å². The quantitative estimate of drug-likeness (QED) is 0.805. The van der Waals surface area contributed by atoms with Gasteiger partial charge in [-0.1, -0.05) is 43.3 Å². The Labute approximate surface area is 104 Å². The summed E-state index contributed by atoms with van der Waals surface area (Å²) in [7, 11) is 0. The minimum absolute atomic E-state index is 0.228. The lowest BCUT2D eigenvalue weighted by Gasteiger charge is -2.28. The predicted octanol–water partition coefficient (Wildman–Crippen LogP) is 2.59. The first-order valence-corrected chi connectivity index (χ1v) is 6.43. The van der Waals surface area contributed by atoms with Gasteiger partial charge >= 0.3 is 0 Å². The van der Waals surface area contributed by atoms with E-state index in [0.717, 1.165) is 32.5 Å². The Morgan fingerprint density at radius 1 is 1.29 bits per heavy atom. The van der Waals surface area contributed by atoms with Crippen LogP contribution in [0.5, 0.6) is 0 Å². The standard InChI is InChI=1S/C15H21NO/c1-2-15(17)14-8-10-16(11-9-14)12-13-6-4-3-5-7-13/h3-8,15,17H,2,9-12H2,1H3. The summed E-state index contributed by atoms with van der Waals surface area (Å²) in [5.41, 5.74) is 2.58. The summed E-state index contributed by atoms with van der Waals surface area (Å²) in [5.74, 6) is 0. The van der Waals surface area contributed by atoms with Gasteiger partial charge in [0.1, 0.15) is 0 Å². The first-order valence-electron chi connectivity index (χ1n) is 6.43. The minimum Gasteiger partial charge on any atom is -0.389 e. The van der Waals surface area contributed by atoms with Crippen molar-refractivity contribution in [1.82, 2.24) is 4.90 Å². The number of aliphatic hydroxyl groups is 1. The van der Waals surface area contributed by atoms with Crippen molar-refractivity contribution < 1.29 is 5.11 Å². The summed E-state index contributed by atoms with van der Waals surface area (Å²) in [4.78, 5) is 2.42. The summed E-state index contributed by atoms with van der Waals surface area (Å²) in [5, 5.41) is 9.77. The van der Waals surface area contributed by atoms with Crippen molar-refractivity contribution >= 4 is 0 Å². The van der Waals surface area contributed by atoms with Gasteiger partial charge < -0.3 is 5.11 Å². The molecule has 1 unspecified atom stereocenters. The molecule has 0 aliphatic carbocycles.